The minimum absolute atomic E-state index is 0. The number of ether oxygens (including phenoxy) is 1. The lowest BCUT2D eigenvalue weighted by Crippen LogP contribution is -2.45. The highest BCUT2D eigenvalue weighted by Gasteiger charge is 2.24. The third kappa shape index (κ3) is 5.88. The quantitative estimate of drug-likeness (QED) is 0.836. The summed E-state index contributed by atoms with van der Waals surface area (Å²) >= 11 is 0. The van der Waals surface area contributed by atoms with Gasteiger partial charge in [0.15, 0.2) is 0 Å². The van der Waals surface area contributed by atoms with Crippen LogP contribution in [0.2, 0.25) is 0 Å². The highest BCUT2D eigenvalue weighted by atomic mass is 35.5. The van der Waals surface area contributed by atoms with E-state index < -0.39 is 6.61 Å². The molecule has 1 aliphatic rings. The molecule has 7 heteroatoms. The van der Waals surface area contributed by atoms with Gasteiger partial charge in [0.25, 0.3) is 0 Å². The number of rotatable bonds is 6. The third-order valence-electron chi connectivity index (χ3n) is 3.65. The van der Waals surface area contributed by atoms with Crippen LogP contribution in [0.25, 0.3) is 0 Å². The highest BCUT2D eigenvalue weighted by Crippen LogP contribution is 2.33. The molecule has 0 unspecified atom stereocenters. The fraction of sp³-hybridized carbons (Fsp3) is 0.600. The molecule has 1 N–H and O–H groups in total. The van der Waals surface area contributed by atoms with Crippen LogP contribution in [0.15, 0.2) is 24.3 Å². The minimum Gasteiger partial charge on any atom is -0.434 e. The first-order valence-electron chi connectivity index (χ1n) is 7.21. The predicted octanol–water partition coefficient (Wildman–Crippen LogP) is 3.88. The number of piperazine rings is 1. The van der Waals surface area contributed by atoms with Crippen molar-refractivity contribution in [1.29, 1.82) is 0 Å². The van der Waals surface area contributed by atoms with Crippen molar-refractivity contribution >= 4 is 24.8 Å². The van der Waals surface area contributed by atoms with E-state index in [4.69, 9.17) is 0 Å². The fourth-order valence-corrected chi connectivity index (χ4v) is 2.76. The third-order valence-corrected chi connectivity index (χ3v) is 3.65. The first-order valence-corrected chi connectivity index (χ1v) is 7.21. The zero-order chi connectivity index (χ0) is 14.4. The first-order chi connectivity index (χ1) is 9.72. The minimum atomic E-state index is -2.78. The molecule has 0 radical (unpaired) electrons. The second-order valence-corrected chi connectivity index (χ2v) is 5.01. The molecule has 0 spiro atoms. The van der Waals surface area contributed by atoms with Gasteiger partial charge in [-0.1, -0.05) is 31.5 Å². The average Bonchev–Trinajstić information content (AvgIpc) is 2.46. The molecular formula is C15H24Cl2F2N2O. The van der Waals surface area contributed by atoms with E-state index in [1.54, 1.807) is 12.1 Å². The van der Waals surface area contributed by atoms with Crippen LogP contribution >= 0.6 is 24.8 Å². The summed E-state index contributed by atoms with van der Waals surface area (Å²) in [4.78, 5) is 2.35. The Morgan fingerprint density at radius 1 is 1.18 bits per heavy atom. The first kappa shape index (κ1) is 21.4. The molecule has 0 saturated carbocycles. The summed E-state index contributed by atoms with van der Waals surface area (Å²) in [5.74, 6) is 0.305. The van der Waals surface area contributed by atoms with E-state index in [-0.39, 0.29) is 30.9 Å². The summed E-state index contributed by atoms with van der Waals surface area (Å²) in [6.07, 6.45) is 1.96. The van der Waals surface area contributed by atoms with E-state index in [0.717, 1.165) is 44.6 Å². The van der Waals surface area contributed by atoms with Crippen LogP contribution in [0.3, 0.4) is 0 Å². The van der Waals surface area contributed by atoms with Gasteiger partial charge in [-0.3, -0.25) is 4.90 Å². The zero-order valence-corrected chi connectivity index (χ0v) is 14.3. The van der Waals surface area contributed by atoms with Gasteiger partial charge < -0.3 is 10.1 Å². The lowest BCUT2D eigenvalue weighted by Gasteiger charge is -2.35. The summed E-state index contributed by atoms with van der Waals surface area (Å²) in [6.45, 7) is 3.10. The number of para-hydroxylation sites is 1. The summed E-state index contributed by atoms with van der Waals surface area (Å²) in [5.41, 5.74) is 0.872. The Morgan fingerprint density at radius 3 is 2.41 bits per heavy atom. The van der Waals surface area contributed by atoms with Crippen LogP contribution in [0, 0.1) is 0 Å². The van der Waals surface area contributed by atoms with Crippen molar-refractivity contribution in [2.24, 2.45) is 0 Å². The molecule has 22 heavy (non-hydrogen) atoms. The Kier molecular flexibility index (Phi) is 10.7. The molecule has 0 bridgehead atoms. The van der Waals surface area contributed by atoms with Gasteiger partial charge in [-0.15, -0.1) is 24.8 Å². The molecule has 1 fully saturated rings. The van der Waals surface area contributed by atoms with Crippen LogP contribution in [-0.2, 0) is 0 Å². The van der Waals surface area contributed by atoms with Gasteiger partial charge in [-0.05, 0) is 12.5 Å². The van der Waals surface area contributed by atoms with E-state index >= 15 is 0 Å². The second kappa shape index (κ2) is 11.0. The SMILES string of the molecule is CCC[C@@H](c1ccccc1OC(F)F)N1CCNCC1.Cl.Cl. The van der Waals surface area contributed by atoms with Gasteiger partial charge in [0.05, 0.1) is 0 Å². The second-order valence-electron chi connectivity index (χ2n) is 5.01. The predicted molar refractivity (Wildman–Crippen MR) is 89.7 cm³/mol. The maximum atomic E-state index is 12.5. The number of hydrogen-bond acceptors (Lipinski definition) is 3. The van der Waals surface area contributed by atoms with E-state index in [2.05, 4.69) is 21.9 Å². The van der Waals surface area contributed by atoms with Crippen molar-refractivity contribution in [2.45, 2.75) is 32.4 Å². The molecule has 3 nitrogen and oxygen atoms in total. The summed E-state index contributed by atoms with van der Waals surface area (Å²) in [5, 5.41) is 3.32. The summed E-state index contributed by atoms with van der Waals surface area (Å²) < 4.78 is 29.8. The topological polar surface area (TPSA) is 24.5 Å². The van der Waals surface area contributed by atoms with Crippen molar-refractivity contribution in [3.8, 4) is 5.75 Å². The van der Waals surface area contributed by atoms with Crippen LogP contribution in [0.4, 0.5) is 8.78 Å². The van der Waals surface area contributed by atoms with E-state index in [1.807, 2.05) is 12.1 Å². The summed E-state index contributed by atoms with van der Waals surface area (Å²) in [6, 6.07) is 7.31. The monoisotopic (exact) mass is 356 g/mol. The maximum absolute atomic E-state index is 12.5. The number of alkyl halides is 2. The van der Waals surface area contributed by atoms with Crippen molar-refractivity contribution in [1.82, 2.24) is 10.2 Å². The van der Waals surface area contributed by atoms with E-state index in [1.165, 1.54) is 0 Å². The molecule has 1 aromatic rings. The molecule has 1 saturated heterocycles. The normalized spacial score (nSPS) is 16.5. The van der Waals surface area contributed by atoms with E-state index in [9.17, 15) is 8.78 Å². The van der Waals surface area contributed by atoms with Crippen molar-refractivity contribution in [3.05, 3.63) is 29.8 Å². The van der Waals surface area contributed by atoms with Crippen LogP contribution in [-0.4, -0.2) is 37.7 Å². The molecule has 0 aliphatic carbocycles. The van der Waals surface area contributed by atoms with Crippen molar-refractivity contribution in [3.63, 3.8) is 0 Å². The number of benzene rings is 1. The van der Waals surface area contributed by atoms with Gasteiger partial charge in [-0.25, -0.2) is 0 Å². The molecule has 0 amide bonds. The standard InChI is InChI=1S/C15H22F2N2O.2ClH/c1-2-5-13(19-10-8-18-9-11-19)12-6-3-4-7-14(12)20-15(16)17;;/h3-4,6-7,13,15,18H,2,5,8-11H2,1H3;2*1H/t13-;;/m0../s1. The molecule has 1 heterocycles. The van der Waals surface area contributed by atoms with Crippen molar-refractivity contribution < 1.29 is 13.5 Å². The maximum Gasteiger partial charge on any atom is 0.387 e. The van der Waals surface area contributed by atoms with Crippen LogP contribution in [0.1, 0.15) is 31.4 Å². The molecule has 0 aromatic heterocycles. The van der Waals surface area contributed by atoms with E-state index in [0.29, 0.717) is 5.75 Å². The highest BCUT2D eigenvalue weighted by molar-refractivity contribution is 5.85. The molecular weight excluding hydrogens is 333 g/mol. The largest absolute Gasteiger partial charge is 0.434 e. The molecule has 1 atom stereocenters. The number of nitrogens with one attached hydrogen (secondary N) is 1. The Balaban J connectivity index is 0.00000220. The summed E-state index contributed by atoms with van der Waals surface area (Å²) in [7, 11) is 0. The van der Waals surface area contributed by atoms with Crippen LogP contribution < -0.4 is 10.1 Å². The average molecular weight is 357 g/mol. The lowest BCUT2D eigenvalue weighted by molar-refractivity contribution is -0.0513. The van der Waals surface area contributed by atoms with Crippen LogP contribution in [0.5, 0.6) is 5.75 Å². The smallest absolute Gasteiger partial charge is 0.387 e. The zero-order valence-electron chi connectivity index (χ0n) is 12.6. The van der Waals surface area contributed by atoms with Gasteiger partial charge >= 0.3 is 6.61 Å². The van der Waals surface area contributed by atoms with Gasteiger partial charge in [0.1, 0.15) is 5.75 Å². The van der Waals surface area contributed by atoms with Gasteiger partial charge in [0, 0.05) is 37.8 Å². The fourth-order valence-electron chi connectivity index (χ4n) is 2.76. The number of halogens is 4. The Bertz CT molecular complexity index is 418. The molecule has 1 aromatic carbocycles. The molecule has 1 aliphatic heterocycles. The Labute approximate surface area is 143 Å². The Hall–Kier alpha value is -0.620. The van der Waals surface area contributed by atoms with Gasteiger partial charge in [-0.2, -0.15) is 8.78 Å². The van der Waals surface area contributed by atoms with Gasteiger partial charge in [0.2, 0.25) is 0 Å². The van der Waals surface area contributed by atoms with Crippen molar-refractivity contribution in [2.75, 3.05) is 26.2 Å². The number of nitrogens with zero attached hydrogens (tertiary/aromatic N) is 1. The molecule has 128 valence electrons. The Morgan fingerprint density at radius 2 is 1.82 bits per heavy atom. The molecule has 2 rings (SSSR count). The number of hydrogen-bond donors (Lipinski definition) is 1. The lowest BCUT2D eigenvalue weighted by atomic mass is 9.99.